The number of ether oxygens (including phenoxy) is 3. The molecule has 0 unspecified atom stereocenters. The van der Waals surface area contributed by atoms with E-state index in [0.29, 0.717) is 104 Å². The lowest BCUT2D eigenvalue weighted by Crippen LogP contribution is -2.56. The Bertz CT molecular complexity index is 1080. The van der Waals surface area contributed by atoms with E-state index in [4.69, 9.17) is 14.2 Å². The standard InChI is InChI=1S/C13H23N5O5.C10H18N2O4.C8H16N2O3.2C3H8.4C2H6/c1-16-8-17(11-20)10-18(9-16)13(22)6-15-12(21)2-4-23-5-3-14-7-19;1-2-9(14)12-5-8-16-7-3-10(15)11-4-6-13;1-2-10-8(12)3-5-13-6-4-9-7-11;2*1-3-2;4*1-2/h7,11H,2-6,8-10H2,1H3,(H,14,19)(H,15,21);6H,2-5,7-8H2,1H3,(H,11,15)(H,12,14);7H,2-6H2,1H3,(H,9,11)(H,10,12);2*3H2,1-2H3;4*1-2H3. The monoisotopic (exact) mass is 956 g/mol. The molecule has 21 nitrogen and oxygen atoms in total. The van der Waals surface area contributed by atoms with Crippen molar-refractivity contribution in [2.75, 3.05) is 106 Å². The summed E-state index contributed by atoms with van der Waals surface area (Å²) in [6, 6.07) is 0. The summed E-state index contributed by atoms with van der Waals surface area (Å²) in [7, 11) is 1.80. The number of carbonyl (C=O) groups is 9. The van der Waals surface area contributed by atoms with Crippen molar-refractivity contribution in [1.29, 1.82) is 0 Å². The molecule has 0 radical (unpaired) electrons. The number of carbonyl (C=O) groups excluding carboxylic acids is 9. The molecule has 0 atom stereocenters. The largest absolute Gasteiger partial charge is 0.379 e. The van der Waals surface area contributed by atoms with Gasteiger partial charge in [-0.05, 0) is 14.0 Å². The van der Waals surface area contributed by atoms with Crippen LogP contribution >= 0.6 is 0 Å². The zero-order chi connectivity index (χ0) is 52.7. The molecule has 1 fully saturated rings. The maximum absolute atomic E-state index is 12.0. The van der Waals surface area contributed by atoms with Crippen LogP contribution in [-0.4, -0.2) is 176 Å². The van der Waals surface area contributed by atoms with Crippen molar-refractivity contribution in [1.82, 2.24) is 46.6 Å². The van der Waals surface area contributed by atoms with Crippen LogP contribution in [-0.2, 0) is 57.4 Å². The molecule has 21 heteroatoms. The summed E-state index contributed by atoms with van der Waals surface area (Å²) in [5.74, 6) is -0.796. The minimum absolute atomic E-state index is 0.00848. The summed E-state index contributed by atoms with van der Waals surface area (Å²) in [6.45, 7) is 33.2. The third-order valence-corrected chi connectivity index (χ3v) is 6.14. The van der Waals surface area contributed by atoms with Crippen molar-refractivity contribution in [2.24, 2.45) is 0 Å². The van der Waals surface area contributed by atoms with E-state index in [2.05, 4.69) is 59.6 Å². The Hall–Kier alpha value is -4.73. The number of rotatable bonds is 27. The zero-order valence-electron chi connectivity index (χ0n) is 43.9. The smallest absolute Gasteiger partial charge is 0.244 e. The summed E-state index contributed by atoms with van der Waals surface area (Å²) >= 11 is 0. The van der Waals surface area contributed by atoms with E-state index in [-0.39, 0.29) is 75.3 Å². The predicted octanol–water partition coefficient (Wildman–Crippen LogP) is 2.81. The van der Waals surface area contributed by atoms with Gasteiger partial charge in [-0.2, -0.15) is 0 Å². The van der Waals surface area contributed by atoms with Crippen molar-refractivity contribution < 1.29 is 57.4 Å². The van der Waals surface area contributed by atoms with E-state index < -0.39 is 0 Å². The van der Waals surface area contributed by atoms with Crippen LogP contribution in [0.5, 0.6) is 0 Å². The fourth-order valence-electron chi connectivity index (χ4n) is 3.65. The number of nitrogens with one attached hydrogen (secondary N) is 6. The number of amides is 8. The van der Waals surface area contributed by atoms with Gasteiger partial charge in [0.15, 0.2) is 0 Å². The minimum Gasteiger partial charge on any atom is -0.379 e. The summed E-state index contributed by atoms with van der Waals surface area (Å²) in [4.78, 5) is 102. The fraction of sp³-hybridized carbons (Fsp3) is 0.800. The van der Waals surface area contributed by atoms with E-state index in [9.17, 15) is 43.2 Å². The minimum atomic E-state index is -0.292. The number of hydrogen-bond donors (Lipinski definition) is 6. The average molecular weight is 956 g/mol. The molecule has 0 bridgehead atoms. The highest BCUT2D eigenvalue weighted by Gasteiger charge is 2.23. The molecule has 0 aromatic rings. The highest BCUT2D eigenvalue weighted by Crippen LogP contribution is 2.03. The van der Waals surface area contributed by atoms with Crippen molar-refractivity contribution in [3.05, 3.63) is 0 Å². The lowest BCUT2D eigenvalue weighted by Gasteiger charge is -2.38. The molecule has 0 saturated carbocycles. The van der Waals surface area contributed by atoms with Crippen LogP contribution in [0.2, 0.25) is 0 Å². The van der Waals surface area contributed by atoms with Gasteiger partial charge in [0.25, 0.3) is 0 Å². The molecule has 1 aliphatic rings. The molecule has 66 heavy (non-hydrogen) atoms. The highest BCUT2D eigenvalue weighted by atomic mass is 16.5. The Balaban J connectivity index is -0.000000115. The first-order chi connectivity index (χ1) is 31.9. The zero-order valence-corrected chi connectivity index (χ0v) is 43.9. The molecule has 1 rings (SSSR count). The van der Waals surface area contributed by atoms with E-state index in [0.717, 1.165) is 0 Å². The quantitative estimate of drug-likeness (QED) is 0.0512. The van der Waals surface area contributed by atoms with Crippen molar-refractivity contribution in [3.63, 3.8) is 0 Å². The molecule has 0 spiro atoms. The van der Waals surface area contributed by atoms with E-state index in [1.165, 1.54) is 22.6 Å². The lowest BCUT2D eigenvalue weighted by atomic mass is 10.4. The summed E-state index contributed by atoms with van der Waals surface area (Å²) in [6.07, 6.45) is 6.18. The van der Waals surface area contributed by atoms with E-state index in [1.807, 2.05) is 67.2 Å². The maximum Gasteiger partial charge on any atom is 0.244 e. The average Bonchev–Trinajstić information content (AvgIpc) is 3.34. The first kappa shape index (κ1) is 78.4. The van der Waals surface area contributed by atoms with Crippen LogP contribution < -0.4 is 31.9 Å². The summed E-state index contributed by atoms with van der Waals surface area (Å²) < 4.78 is 15.3. The Morgan fingerprint density at radius 2 is 0.924 bits per heavy atom. The molecule has 1 heterocycles. The van der Waals surface area contributed by atoms with Crippen molar-refractivity contribution in [3.8, 4) is 0 Å². The lowest BCUT2D eigenvalue weighted by molar-refractivity contribution is -0.145. The summed E-state index contributed by atoms with van der Waals surface area (Å²) in [5.41, 5.74) is 0. The maximum atomic E-state index is 12.0. The van der Waals surface area contributed by atoms with Crippen LogP contribution in [0.1, 0.15) is 135 Å². The molecule has 6 N–H and O–H groups in total. The van der Waals surface area contributed by atoms with Gasteiger partial charge in [-0.15, -0.1) is 0 Å². The number of hydrogen-bond acceptors (Lipinski definition) is 13. The molecule has 0 aromatic carbocycles. The van der Waals surface area contributed by atoms with E-state index >= 15 is 0 Å². The van der Waals surface area contributed by atoms with Crippen LogP contribution in [0.4, 0.5) is 0 Å². The predicted molar refractivity (Wildman–Crippen MR) is 263 cm³/mol. The van der Waals surface area contributed by atoms with Crippen LogP contribution in [0, 0.1) is 0 Å². The van der Waals surface area contributed by atoms with Gasteiger partial charge in [0.05, 0.1) is 72.7 Å². The molecular formula is C45H97N9O12. The third-order valence-electron chi connectivity index (χ3n) is 6.14. The molecule has 394 valence electrons. The van der Waals surface area contributed by atoms with Gasteiger partial charge in [0.1, 0.15) is 6.29 Å². The topological polar surface area (TPSA) is 263 Å². The third kappa shape index (κ3) is 73.7. The number of aldehydes is 1. The Kier molecular flexibility index (Phi) is 88.7. The van der Waals surface area contributed by atoms with Gasteiger partial charge in [-0.25, -0.2) is 0 Å². The van der Waals surface area contributed by atoms with Gasteiger partial charge in [-0.3, -0.25) is 43.3 Å². The van der Waals surface area contributed by atoms with Gasteiger partial charge in [-0.1, -0.05) is 103 Å². The second-order valence-corrected chi connectivity index (χ2v) is 12.0. The molecular weight excluding hydrogens is 859 g/mol. The Labute approximate surface area is 399 Å². The van der Waals surface area contributed by atoms with Gasteiger partial charge < -0.3 is 60.7 Å². The van der Waals surface area contributed by atoms with E-state index in [1.54, 1.807) is 14.0 Å². The first-order valence-electron chi connectivity index (χ1n) is 23.6. The van der Waals surface area contributed by atoms with Crippen molar-refractivity contribution in [2.45, 2.75) is 135 Å². The number of nitrogens with zero attached hydrogens (tertiary/aromatic N) is 3. The second kappa shape index (κ2) is 74.6. The normalized spacial score (nSPS) is 10.3. The van der Waals surface area contributed by atoms with Crippen LogP contribution in [0.25, 0.3) is 0 Å². The molecule has 0 aromatic heterocycles. The first-order valence-corrected chi connectivity index (χ1v) is 23.6. The second-order valence-electron chi connectivity index (χ2n) is 12.0. The SMILES string of the molecule is CC.CC.CC.CC.CCC.CCC.CCC(=O)NCCOCCC(=O)NCC=O.CCNC(=O)CCOCCNC=O.CN1CN(C=O)CN(C(=O)CNC(=O)CCOCCNC=O)C1. The Morgan fingerprint density at radius 1 is 0.515 bits per heavy atom. The Morgan fingerprint density at radius 3 is 1.30 bits per heavy atom. The van der Waals surface area contributed by atoms with Gasteiger partial charge in [0, 0.05) is 51.9 Å². The van der Waals surface area contributed by atoms with Crippen LogP contribution in [0.15, 0.2) is 0 Å². The van der Waals surface area contributed by atoms with Gasteiger partial charge in [0.2, 0.25) is 48.8 Å². The van der Waals surface area contributed by atoms with Gasteiger partial charge >= 0.3 is 0 Å². The molecule has 1 saturated heterocycles. The molecule has 0 aliphatic carbocycles. The highest BCUT2D eigenvalue weighted by molar-refractivity contribution is 5.85. The summed E-state index contributed by atoms with van der Waals surface area (Å²) in [5, 5.41) is 15.1. The molecule has 8 amide bonds. The van der Waals surface area contributed by atoms with Crippen molar-refractivity contribution >= 4 is 55.1 Å². The fourth-order valence-corrected chi connectivity index (χ4v) is 3.65. The molecule has 1 aliphatic heterocycles. The van der Waals surface area contributed by atoms with Crippen LogP contribution in [0.3, 0.4) is 0 Å².